The summed E-state index contributed by atoms with van der Waals surface area (Å²) in [5, 5.41) is 4.07. The largest absolute Gasteiger partial charge is 0.493 e. The zero-order valence-corrected chi connectivity index (χ0v) is 17.0. The Hall–Kier alpha value is -3.42. The van der Waals surface area contributed by atoms with Crippen LogP contribution in [0.2, 0.25) is 0 Å². The Morgan fingerprint density at radius 1 is 1.17 bits per heavy atom. The van der Waals surface area contributed by atoms with Crippen molar-refractivity contribution in [3.63, 3.8) is 0 Å². The molecule has 0 saturated carbocycles. The van der Waals surface area contributed by atoms with Gasteiger partial charge in [-0.1, -0.05) is 5.16 Å². The minimum atomic E-state index is -0.344. The lowest BCUT2D eigenvalue weighted by molar-refractivity contribution is -0.117. The number of nitrogens with zero attached hydrogens (tertiary/aromatic N) is 3. The van der Waals surface area contributed by atoms with Gasteiger partial charge < -0.3 is 18.9 Å². The van der Waals surface area contributed by atoms with Crippen molar-refractivity contribution in [2.75, 3.05) is 18.6 Å². The summed E-state index contributed by atoms with van der Waals surface area (Å²) in [4.78, 5) is 18.5. The summed E-state index contributed by atoms with van der Waals surface area (Å²) in [5.41, 5.74) is 1.37. The summed E-state index contributed by atoms with van der Waals surface area (Å²) in [7, 11) is 1.57. The van der Waals surface area contributed by atoms with Crippen LogP contribution in [0, 0.1) is 5.82 Å². The fourth-order valence-electron chi connectivity index (χ4n) is 3.42. The molecule has 1 aromatic heterocycles. The van der Waals surface area contributed by atoms with Crippen LogP contribution >= 0.6 is 0 Å². The maximum absolute atomic E-state index is 13.2. The van der Waals surface area contributed by atoms with Gasteiger partial charge in [0.15, 0.2) is 11.5 Å². The molecule has 1 unspecified atom stereocenters. The second kappa shape index (κ2) is 8.14. The second-order valence-corrected chi connectivity index (χ2v) is 7.37. The number of halogens is 1. The summed E-state index contributed by atoms with van der Waals surface area (Å²) in [6.07, 6.45) is 0.272. The van der Waals surface area contributed by atoms with E-state index in [0.717, 1.165) is 5.56 Å². The number of carbonyl (C=O) groups is 1. The molecule has 4 rings (SSSR count). The first kappa shape index (κ1) is 19.9. The summed E-state index contributed by atoms with van der Waals surface area (Å²) in [5.74, 6) is 1.38. The molecule has 3 aromatic rings. The van der Waals surface area contributed by atoms with Gasteiger partial charge in [0.25, 0.3) is 0 Å². The first-order valence-electron chi connectivity index (χ1n) is 9.69. The van der Waals surface area contributed by atoms with E-state index >= 15 is 0 Å². The minimum Gasteiger partial charge on any atom is -0.493 e. The molecule has 2 heterocycles. The maximum Gasteiger partial charge on any atom is 0.232 e. The Labute approximate surface area is 173 Å². The van der Waals surface area contributed by atoms with E-state index in [4.69, 9.17) is 14.0 Å². The smallest absolute Gasteiger partial charge is 0.232 e. The predicted octanol–water partition coefficient (Wildman–Crippen LogP) is 4.19. The second-order valence-electron chi connectivity index (χ2n) is 7.37. The van der Waals surface area contributed by atoms with Crippen molar-refractivity contribution in [3.05, 3.63) is 54.2 Å². The van der Waals surface area contributed by atoms with Crippen molar-refractivity contribution < 1.29 is 23.2 Å². The van der Waals surface area contributed by atoms with Crippen LogP contribution in [0.1, 0.15) is 32.1 Å². The highest BCUT2D eigenvalue weighted by Crippen LogP contribution is 2.34. The summed E-state index contributed by atoms with van der Waals surface area (Å²) in [6.45, 7) is 4.28. The number of hydrogen-bond acceptors (Lipinski definition) is 6. The Balaban J connectivity index is 1.53. The Morgan fingerprint density at radius 2 is 1.93 bits per heavy atom. The van der Waals surface area contributed by atoms with Gasteiger partial charge >= 0.3 is 0 Å². The van der Waals surface area contributed by atoms with E-state index in [1.165, 1.54) is 12.1 Å². The summed E-state index contributed by atoms with van der Waals surface area (Å²) < 4.78 is 29.8. The lowest BCUT2D eigenvalue weighted by Gasteiger charge is -2.15. The molecule has 7 nitrogen and oxygen atoms in total. The third kappa shape index (κ3) is 3.98. The number of hydrogen-bond donors (Lipinski definition) is 0. The standard InChI is InChI=1S/C22H22FN3O4/c1-13(2)29-18-9-4-14(10-19(18)28-3)21-24-22(30-25-21)15-11-20(27)26(12-15)17-7-5-16(23)6-8-17/h4-10,13,15H,11-12H2,1-3H3. The van der Waals surface area contributed by atoms with E-state index in [1.807, 2.05) is 19.9 Å². The van der Waals surface area contributed by atoms with Crippen LogP contribution in [0.4, 0.5) is 10.1 Å². The van der Waals surface area contributed by atoms with E-state index < -0.39 is 0 Å². The van der Waals surface area contributed by atoms with Gasteiger partial charge in [0.05, 0.1) is 19.1 Å². The Bertz CT molecular complexity index is 1050. The van der Waals surface area contributed by atoms with E-state index in [2.05, 4.69) is 10.1 Å². The van der Waals surface area contributed by atoms with E-state index in [-0.39, 0.29) is 30.2 Å². The normalized spacial score (nSPS) is 16.4. The van der Waals surface area contributed by atoms with Crippen LogP contribution in [0.3, 0.4) is 0 Å². The molecule has 1 amide bonds. The molecular formula is C22H22FN3O4. The van der Waals surface area contributed by atoms with Crippen molar-refractivity contribution in [2.24, 2.45) is 0 Å². The topological polar surface area (TPSA) is 77.7 Å². The summed E-state index contributed by atoms with van der Waals surface area (Å²) >= 11 is 0. The SMILES string of the molecule is COc1cc(-c2noc(C3CC(=O)N(c4ccc(F)cc4)C3)n2)ccc1OC(C)C. The molecule has 1 atom stereocenters. The van der Waals surface area contributed by atoms with Gasteiger partial charge in [-0.15, -0.1) is 0 Å². The molecule has 8 heteroatoms. The Kier molecular flexibility index (Phi) is 5.39. The number of benzene rings is 2. The number of anilines is 1. The van der Waals surface area contributed by atoms with Crippen LogP contribution < -0.4 is 14.4 Å². The van der Waals surface area contributed by atoms with Gasteiger partial charge in [0, 0.05) is 24.2 Å². The number of amides is 1. The molecule has 0 spiro atoms. The number of rotatable bonds is 6. The van der Waals surface area contributed by atoms with Gasteiger partial charge in [-0.25, -0.2) is 4.39 Å². The molecular weight excluding hydrogens is 389 g/mol. The van der Waals surface area contributed by atoms with Crippen LogP contribution in [-0.2, 0) is 4.79 Å². The number of carbonyl (C=O) groups excluding carboxylic acids is 1. The molecule has 2 aromatic carbocycles. The molecule has 0 N–H and O–H groups in total. The van der Waals surface area contributed by atoms with Gasteiger partial charge in [-0.05, 0) is 56.3 Å². The number of ether oxygens (including phenoxy) is 2. The predicted molar refractivity (Wildman–Crippen MR) is 108 cm³/mol. The molecule has 30 heavy (non-hydrogen) atoms. The molecule has 1 aliphatic heterocycles. The van der Waals surface area contributed by atoms with Gasteiger partial charge in [-0.3, -0.25) is 4.79 Å². The molecule has 156 valence electrons. The van der Waals surface area contributed by atoms with Crippen molar-refractivity contribution in [2.45, 2.75) is 32.3 Å². The van der Waals surface area contributed by atoms with E-state index in [1.54, 1.807) is 36.3 Å². The number of aromatic nitrogens is 2. The van der Waals surface area contributed by atoms with Crippen LogP contribution in [0.25, 0.3) is 11.4 Å². The quantitative estimate of drug-likeness (QED) is 0.605. The molecule has 0 radical (unpaired) electrons. The van der Waals surface area contributed by atoms with Crippen LogP contribution in [0.15, 0.2) is 47.0 Å². The monoisotopic (exact) mass is 411 g/mol. The van der Waals surface area contributed by atoms with Gasteiger partial charge in [0.1, 0.15) is 5.82 Å². The zero-order valence-electron chi connectivity index (χ0n) is 17.0. The molecule has 1 fully saturated rings. The van der Waals surface area contributed by atoms with Crippen molar-refractivity contribution in [1.29, 1.82) is 0 Å². The van der Waals surface area contributed by atoms with E-state index in [9.17, 15) is 9.18 Å². The highest BCUT2D eigenvalue weighted by Gasteiger charge is 2.35. The highest BCUT2D eigenvalue weighted by molar-refractivity contribution is 5.96. The van der Waals surface area contributed by atoms with E-state index in [0.29, 0.717) is 35.4 Å². The van der Waals surface area contributed by atoms with Gasteiger partial charge in [0.2, 0.25) is 17.6 Å². The number of methoxy groups -OCH3 is 1. The third-order valence-corrected chi connectivity index (χ3v) is 4.84. The first-order valence-corrected chi connectivity index (χ1v) is 9.69. The third-order valence-electron chi connectivity index (χ3n) is 4.84. The molecule has 0 bridgehead atoms. The fraction of sp³-hybridized carbons (Fsp3) is 0.318. The van der Waals surface area contributed by atoms with Crippen molar-refractivity contribution in [3.8, 4) is 22.9 Å². The highest BCUT2D eigenvalue weighted by atomic mass is 19.1. The van der Waals surface area contributed by atoms with Crippen molar-refractivity contribution in [1.82, 2.24) is 10.1 Å². The Morgan fingerprint density at radius 3 is 2.63 bits per heavy atom. The lowest BCUT2D eigenvalue weighted by Crippen LogP contribution is -2.24. The lowest BCUT2D eigenvalue weighted by atomic mass is 10.1. The fourth-order valence-corrected chi connectivity index (χ4v) is 3.42. The minimum absolute atomic E-state index is 0.0190. The van der Waals surface area contributed by atoms with Gasteiger partial charge in [-0.2, -0.15) is 4.98 Å². The molecule has 1 saturated heterocycles. The molecule has 1 aliphatic rings. The maximum atomic E-state index is 13.2. The summed E-state index contributed by atoms with van der Waals surface area (Å²) in [6, 6.07) is 11.3. The van der Waals surface area contributed by atoms with Crippen molar-refractivity contribution >= 4 is 11.6 Å². The van der Waals surface area contributed by atoms with Crippen LogP contribution in [-0.4, -0.2) is 35.8 Å². The average Bonchev–Trinajstić information content (AvgIpc) is 3.35. The first-order chi connectivity index (χ1) is 14.4. The zero-order chi connectivity index (χ0) is 21.3. The average molecular weight is 411 g/mol. The molecule has 0 aliphatic carbocycles. The van der Waals surface area contributed by atoms with Crippen LogP contribution in [0.5, 0.6) is 11.5 Å².